The fraction of sp³-hybridized carbons (Fsp3) is 0.235. The fourth-order valence-electron chi connectivity index (χ4n) is 1.97. The number of halogens is 1. The molecule has 3 heteroatoms. The zero-order chi connectivity index (χ0) is 14.5. The third kappa shape index (κ3) is 3.92. The molecule has 0 spiro atoms. The summed E-state index contributed by atoms with van der Waals surface area (Å²) in [6, 6.07) is 14.2. The number of benzene rings is 2. The van der Waals surface area contributed by atoms with E-state index in [2.05, 4.69) is 0 Å². The summed E-state index contributed by atoms with van der Waals surface area (Å²) in [6.45, 7) is 2.51. The van der Waals surface area contributed by atoms with Crippen molar-refractivity contribution < 1.29 is 9.18 Å². The van der Waals surface area contributed by atoms with Gasteiger partial charge >= 0.3 is 0 Å². The lowest BCUT2D eigenvalue weighted by molar-refractivity contribution is -0.129. The van der Waals surface area contributed by atoms with Crippen LogP contribution < -0.4 is 0 Å². The van der Waals surface area contributed by atoms with Crippen LogP contribution in [-0.2, 0) is 17.8 Å². The van der Waals surface area contributed by atoms with Gasteiger partial charge < -0.3 is 4.90 Å². The average molecular weight is 271 g/mol. The molecule has 104 valence electrons. The van der Waals surface area contributed by atoms with Crippen molar-refractivity contribution in [3.8, 4) is 0 Å². The summed E-state index contributed by atoms with van der Waals surface area (Å²) < 4.78 is 12.8. The molecule has 0 aliphatic rings. The zero-order valence-corrected chi connectivity index (χ0v) is 11.8. The Morgan fingerprint density at radius 1 is 1.00 bits per heavy atom. The van der Waals surface area contributed by atoms with E-state index in [0.29, 0.717) is 13.0 Å². The third-order valence-corrected chi connectivity index (χ3v) is 3.23. The van der Waals surface area contributed by atoms with E-state index in [1.807, 2.05) is 31.2 Å². The molecule has 0 radical (unpaired) electrons. The number of aryl methyl sites for hydroxylation is 1. The zero-order valence-electron chi connectivity index (χ0n) is 11.8. The lowest BCUT2D eigenvalue weighted by Crippen LogP contribution is -2.27. The Morgan fingerprint density at radius 2 is 1.55 bits per heavy atom. The van der Waals surface area contributed by atoms with Crippen molar-refractivity contribution in [1.82, 2.24) is 4.90 Å². The van der Waals surface area contributed by atoms with Gasteiger partial charge in [-0.2, -0.15) is 0 Å². The number of carbonyl (C=O) groups is 1. The molecule has 0 heterocycles. The first-order chi connectivity index (χ1) is 9.54. The first-order valence-corrected chi connectivity index (χ1v) is 6.58. The monoisotopic (exact) mass is 271 g/mol. The molecule has 0 aliphatic heterocycles. The molecule has 2 aromatic rings. The Bertz CT molecular complexity index is 575. The molecule has 0 atom stereocenters. The highest BCUT2D eigenvalue weighted by molar-refractivity contribution is 5.78. The van der Waals surface area contributed by atoms with Crippen molar-refractivity contribution >= 4 is 5.91 Å². The Kier molecular flexibility index (Phi) is 4.51. The standard InChI is InChI=1S/C17H18FNO/c1-13-3-5-14(6-4-13)11-17(20)19(2)12-15-7-9-16(18)10-8-15/h3-10H,11-12H2,1-2H3. The molecule has 0 aliphatic carbocycles. The average Bonchev–Trinajstić information content (AvgIpc) is 2.44. The number of rotatable bonds is 4. The predicted molar refractivity (Wildman–Crippen MR) is 77.8 cm³/mol. The van der Waals surface area contributed by atoms with E-state index in [9.17, 15) is 9.18 Å². The molecule has 2 rings (SSSR count). The Morgan fingerprint density at radius 3 is 2.15 bits per heavy atom. The SMILES string of the molecule is Cc1ccc(CC(=O)N(C)Cc2ccc(F)cc2)cc1. The van der Waals surface area contributed by atoms with Gasteiger partial charge in [-0.3, -0.25) is 4.79 Å². The Balaban J connectivity index is 1.94. The summed E-state index contributed by atoms with van der Waals surface area (Å²) in [5.41, 5.74) is 3.11. The van der Waals surface area contributed by atoms with E-state index in [-0.39, 0.29) is 11.7 Å². The maximum Gasteiger partial charge on any atom is 0.227 e. The Hall–Kier alpha value is -2.16. The van der Waals surface area contributed by atoms with Gasteiger partial charge in [0.15, 0.2) is 0 Å². The van der Waals surface area contributed by atoms with Crippen molar-refractivity contribution in [1.29, 1.82) is 0 Å². The minimum Gasteiger partial charge on any atom is -0.341 e. The Labute approximate surface area is 118 Å². The topological polar surface area (TPSA) is 20.3 Å². The molecule has 0 fully saturated rings. The predicted octanol–water partition coefficient (Wildman–Crippen LogP) is 3.34. The molecule has 1 amide bonds. The van der Waals surface area contributed by atoms with Crippen LogP contribution in [0.2, 0.25) is 0 Å². The number of carbonyl (C=O) groups excluding carboxylic acids is 1. The van der Waals surface area contributed by atoms with Gasteiger partial charge in [0.2, 0.25) is 5.91 Å². The lowest BCUT2D eigenvalue weighted by atomic mass is 10.1. The molecule has 0 saturated carbocycles. The van der Waals surface area contributed by atoms with Gasteiger partial charge in [-0.1, -0.05) is 42.0 Å². The van der Waals surface area contributed by atoms with Crippen LogP contribution in [0.15, 0.2) is 48.5 Å². The van der Waals surface area contributed by atoms with E-state index in [1.54, 1.807) is 24.1 Å². The maximum atomic E-state index is 12.8. The van der Waals surface area contributed by atoms with Crippen molar-refractivity contribution in [3.63, 3.8) is 0 Å². The second-order valence-corrected chi connectivity index (χ2v) is 5.04. The quantitative estimate of drug-likeness (QED) is 0.835. The number of nitrogens with zero attached hydrogens (tertiary/aromatic N) is 1. The summed E-state index contributed by atoms with van der Waals surface area (Å²) in [7, 11) is 1.76. The molecule has 2 aromatic carbocycles. The van der Waals surface area contributed by atoms with Crippen molar-refractivity contribution in [2.45, 2.75) is 19.9 Å². The van der Waals surface area contributed by atoms with Crippen LogP contribution in [0.25, 0.3) is 0 Å². The van der Waals surface area contributed by atoms with E-state index < -0.39 is 0 Å². The summed E-state index contributed by atoms with van der Waals surface area (Å²) >= 11 is 0. The number of hydrogen-bond donors (Lipinski definition) is 0. The minimum absolute atomic E-state index is 0.0539. The lowest BCUT2D eigenvalue weighted by Gasteiger charge is -2.17. The summed E-state index contributed by atoms with van der Waals surface area (Å²) in [4.78, 5) is 13.8. The van der Waals surface area contributed by atoms with Gasteiger partial charge in [0, 0.05) is 13.6 Å². The molecule has 0 N–H and O–H groups in total. The molecule has 0 saturated heterocycles. The van der Waals surface area contributed by atoms with Crippen molar-refractivity contribution in [2.24, 2.45) is 0 Å². The fourth-order valence-corrected chi connectivity index (χ4v) is 1.97. The van der Waals surface area contributed by atoms with Crippen LogP contribution in [0.3, 0.4) is 0 Å². The third-order valence-electron chi connectivity index (χ3n) is 3.23. The van der Waals surface area contributed by atoms with E-state index >= 15 is 0 Å². The van der Waals surface area contributed by atoms with Gasteiger partial charge in [0.05, 0.1) is 6.42 Å². The van der Waals surface area contributed by atoms with Crippen molar-refractivity contribution in [3.05, 3.63) is 71.0 Å². The van der Waals surface area contributed by atoms with Crippen LogP contribution in [0.4, 0.5) is 4.39 Å². The van der Waals surface area contributed by atoms with Gasteiger partial charge in [-0.15, -0.1) is 0 Å². The first-order valence-electron chi connectivity index (χ1n) is 6.58. The molecule has 20 heavy (non-hydrogen) atoms. The van der Waals surface area contributed by atoms with Crippen LogP contribution in [-0.4, -0.2) is 17.9 Å². The smallest absolute Gasteiger partial charge is 0.227 e. The minimum atomic E-state index is -0.262. The summed E-state index contributed by atoms with van der Waals surface area (Å²) in [5, 5.41) is 0. The van der Waals surface area contributed by atoms with Crippen LogP contribution in [0.5, 0.6) is 0 Å². The molecule has 0 aromatic heterocycles. The van der Waals surface area contributed by atoms with E-state index in [1.165, 1.54) is 17.7 Å². The maximum absolute atomic E-state index is 12.8. The van der Waals surface area contributed by atoms with E-state index in [0.717, 1.165) is 11.1 Å². The highest BCUT2D eigenvalue weighted by Crippen LogP contribution is 2.09. The van der Waals surface area contributed by atoms with Gasteiger partial charge in [-0.05, 0) is 30.2 Å². The van der Waals surface area contributed by atoms with Gasteiger partial charge in [0.25, 0.3) is 0 Å². The second-order valence-electron chi connectivity index (χ2n) is 5.04. The molecule has 2 nitrogen and oxygen atoms in total. The highest BCUT2D eigenvalue weighted by Gasteiger charge is 2.10. The van der Waals surface area contributed by atoms with E-state index in [4.69, 9.17) is 0 Å². The number of amides is 1. The van der Waals surface area contributed by atoms with Crippen molar-refractivity contribution in [2.75, 3.05) is 7.05 Å². The highest BCUT2D eigenvalue weighted by atomic mass is 19.1. The van der Waals surface area contributed by atoms with Crippen LogP contribution in [0.1, 0.15) is 16.7 Å². The molecular formula is C17H18FNO. The number of likely N-dealkylation sites (N-methyl/N-ethyl adjacent to an activating group) is 1. The second kappa shape index (κ2) is 6.33. The van der Waals surface area contributed by atoms with Gasteiger partial charge in [0.1, 0.15) is 5.82 Å². The normalized spacial score (nSPS) is 10.3. The molecule has 0 unspecified atom stereocenters. The molecule has 0 bridgehead atoms. The first kappa shape index (κ1) is 14.3. The molecular weight excluding hydrogens is 253 g/mol. The van der Waals surface area contributed by atoms with Gasteiger partial charge in [-0.25, -0.2) is 4.39 Å². The largest absolute Gasteiger partial charge is 0.341 e. The van der Waals surface area contributed by atoms with Crippen LogP contribution >= 0.6 is 0 Å². The number of hydrogen-bond acceptors (Lipinski definition) is 1. The summed E-state index contributed by atoms with van der Waals surface area (Å²) in [5.74, 6) is -0.208. The van der Waals surface area contributed by atoms with Crippen LogP contribution in [0, 0.1) is 12.7 Å². The summed E-state index contributed by atoms with van der Waals surface area (Å²) in [6.07, 6.45) is 0.387.